The summed E-state index contributed by atoms with van der Waals surface area (Å²) in [5.41, 5.74) is 0. The van der Waals surface area contributed by atoms with Gasteiger partial charge in [-0.2, -0.15) is 0 Å². The van der Waals surface area contributed by atoms with Crippen LogP contribution in [0.25, 0.3) is 10.2 Å². The Balaban J connectivity index is 2.16. The predicted molar refractivity (Wildman–Crippen MR) is 77.6 cm³/mol. The molecule has 3 heterocycles. The third-order valence-corrected chi connectivity index (χ3v) is 4.71. The number of rotatable bonds is 3. The summed E-state index contributed by atoms with van der Waals surface area (Å²) in [4.78, 5) is 14.4. The van der Waals surface area contributed by atoms with Crippen molar-refractivity contribution < 1.29 is 0 Å². The van der Waals surface area contributed by atoms with Crippen molar-refractivity contribution in [1.29, 1.82) is 0 Å². The van der Waals surface area contributed by atoms with Gasteiger partial charge in [-0.05, 0) is 25.3 Å². The Morgan fingerprint density at radius 3 is 2.61 bits per heavy atom. The van der Waals surface area contributed by atoms with E-state index in [2.05, 4.69) is 29.8 Å². The average Bonchev–Trinajstić information content (AvgIpc) is 3.05. The van der Waals surface area contributed by atoms with Gasteiger partial charge in [0.25, 0.3) is 0 Å². The van der Waals surface area contributed by atoms with Crippen LogP contribution in [0.3, 0.4) is 0 Å². The van der Waals surface area contributed by atoms with Gasteiger partial charge >= 0.3 is 0 Å². The second-order valence-corrected chi connectivity index (χ2v) is 5.91. The fraction of sp³-hybridized carbons (Fsp3) is 0.571. The van der Waals surface area contributed by atoms with Crippen molar-refractivity contribution >= 4 is 27.4 Å². The van der Waals surface area contributed by atoms with E-state index < -0.39 is 0 Å². The molecule has 2 aromatic rings. The highest BCUT2D eigenvalue weighted by molar-refractivity contribution is 7.18. The Bertz CT molecular complexity index is 555. The van der Waals surface area contributed by atoms with Crippen LogP contribution in [-0.4, -0.2) is 23.1 Å². The highest BCUT2D eigenvalue weighted by Crippen LogP contribution is 2.32. The van der Waals surface area contributed by atoms with E-state index in [1.165, 1.54) is 33.8 Å². The molecule has 0 aromatic carbocycles. The van der Waals surface area contributed by atoms with E-state index >= 15 is 0 Å². The highest BCUT2D eigenvalue weighted by Gasteiger charge is 2.19. The molecule has 0 amide bonds. The van der Waals surface area contributed by atoms with Crippen LogP contribution in [0.4, 0.5) is 5.82 Å². The second kappa shape index (κ2) is 4.84. The Hall–Kier alpha value is -1.16. The van der Waals surface area contributed by atoms with Crippen molar-refractivity contribution in [3.63, 3.8) is 0 Å². The average molecular weight is 261 g/mol. The third-order valence-electron chi connectivity index (χ3n) is 3.54. The Morgan fingerprint density at radius 1 is 1.17 bits per heavy atom. The molecule has 18 heavy (non-hydrogen) atoms. The first-order valence-corrected chi connectivity index (χ1v) is 7.67. The highest BCUT2D eigenvalue weighted by atomic mass is 32.1. The van der Waals surface area contributed by atoms with Crippen molar-refractivity contribution in [2.24, 2.45) is 0 Å². The summed E-state index contributed by atoms with van der Waals surface area (Å²) in [6, 6.07) is 2.28. The first-order valence-electron chi connectivity index (χ1n) is 6.86. The number of aromatic nitrogens is 2. The molecule has 1 saturated heterocycles. The first-order chi connectivity index (χ1) is 8.81. The molecule has 0 aliphatic carbocycles. The van der Waals surface area contributed by atoms with E-state index in [0.29, 0.717) is 0 Å². The fourth-order valence-corrected chi connectivity index (χ4v) is 3.48. The maximum atomic E-state index is 4.77. The van der Waals surface area contributed by atoms with E-state index in [0.717, 1.165) is 31.8 Å². The molecule has 0 atom stereocenters. The fourth-order valence-electron chi connectivity index (χ4n) is 2.50. The van der Waals surface area contributed by atoms with Crippen LogP contribution >= 0.6 is 11.3 Å². The lowest BCUT2D eigenvalue weighted by molar-refractivity contribution is 0.897. The molecule has 1 aliphatic heterocycles. The van der Waals surface area contributed by atoms with Gasteiger partial charge in [-0.3, -0.25) is 0 Å². The number of anilines is 1. The lowest BCUT2D eigenvalue weighted by atomic mass is 10.3. The van der Waals surface area contributed by atoms with Crippen molar-refractivity contribution in [1.82, 2.24) is 9.97 Å². The maximum Gasteiger partial charge on any atom is 0.141 e. The van der Waals surface area contributed by atoms with Crippen LogP contribution in [0.15, 0.2) is 6.07 Å². The molecule has 3 nitrogen and oxygen atoms in total. The largest absolute Gasteiger partial charge is 0.356 e. The summed E-state index contributed by atoms with van der Waals surface area (Å²) >= 11 is 1.82. The lowest BCUT2D eigenvalue weighted by Crippen LogP contribution is -2.20. The van der Waals surface area contributed by atoms with Gasteiger partial charge in [0.1, 0.15) is 16.5 Å². The summed E-state index contributed by atoms with van der Waals surface area (Å²) in [6.07, 6.45) is 4.58. The van der Waals surface area contributed by atoms with E-state index in [-0.39, 0.29) is 0 Å². The minimum atomic E-state index is 0.913. The summed E-state index contributed by atoms with van der Waals surface area (Å²) in [5.74, 6) is 2.15. The van der Waals surface area contributed by atoms with Crippen LogP contribution < -0.4 is 4.90 Å². The lowest BCUT2D eigenvalue weighted by Gasteiger charge is -2.17. The predicted octanol–water partition coefficient (Wildman–Crippen LogP) is 3.42. The zero-order chi connectivity index (χ0) is 12.5. The van der Waals surface area contributed by atoms with E-state index in [9.17, 15) is 0 Å². The van der Waals surface area contributed by atoms with Crippen LogP contribution in [0.1, 0.15) is 37.4 Å². The molecule has 96 valence electrons. The molecule has 0 saturated carbocycles. The van der Waals surface area contributed by atoms with Crippen LogP contribution in [-0.2, 0) is 12.8 Å². The molecule has 1 aliphatic rings. The number of thiophene rings is 1. The van der Waals surface area contributed by atoms with Gasteiger partial charge in [0.05, 0.1) is 5.39 Å². The molecule has 0 spiro atoms. The molecule has 3 rings (SSSR count). The molecule has 1 fully saturated rings. The number of aryl methyl sites for hydroxylation is 2. The zero-order valence-electron chi connectivity index (χ0n) is 11.1. The summed E-state index contributed by atoms with van der Waals surface area (Å²) in [7, 11) is 0. The van der Waals surface area contributed by atoms with Gasteiger partial charge < -0.3 is 4.90 Å². The van der Waals surface area contributed by atoms with Crippen molar-refractivity contribution in [2.45, 2.75) is 39.5 Å². The smallest absolute Gasteiger partial charge is 0.141 e. The summed E-state index contributed by atoms with van der Waals surface area (Å²) in [6.45, 7) is 6.62. The quantitative estimate of drug-likeness (QED) is 0.847. The van der Waals surface area contributed by atoms with E-state index in [1.807, 2.05) is 11.3 Å². The molecule has 0 radical (unpaired) electrons. The van der Waals surface area contributed by atoms with Gasteiger partial charge in [-0.15, -0.1) is 11.3 Å². The first kappa shape index (κ1) is 11.9. The van der Waals surface area contributed by atoms with Gasteiger partial charge in [0.2, 0.25) is 0 Å². The summed E-state index contributed by atoms with van der Waals surface area (Å²) in [5, 5.41) is 1.26. The molecular weight excluding hydrogens is 242 g/mol. The minimum Gasteiger partial charge on any atom is -0.356 e. The molecule has 0 unspecified atom stereocenters. The van der Waals surface area contributed by atoms with Crippen molar-refractivity contribution in [3.05, 3.63) is 16.8 Å². The summed E-state index contributed by atoms with van der Waals surface area (Å²) < 4.78 is 0. The number of fused-ring (bicyclic) bond motifs is 1. The van der Waals surface area contributed by atoms with E-state index in [4.69, 9.17) is 4.98 Å². The van der Waals surface area contributed by atoms with Gasteiger partial charge in [0.15, 0.2) is 0 Å². The van der Waals surface area contributed by atoms with E-state index in [1.54, 1.807) is 0 Å². The number of hydrogen-bond donors (Lipinski definition) is 0. The van der Waals surface area contributed by atoms with Gasteiger partial charge in [-0.1, -0.05) is 13.8 Å². The second-order valence-electron chi connectivity index (χ2n) is 4.80. The monoisotopic (exact) mass is 261 g/mol. The number of hydrogen-bond acceptors (Lipinski definition) is 4. The molecule has 0 bridgehead atoms. The molecular formula is C14H19N3S. The van der Waals surface area contributed by atoms with Crippen LogP contribution in [0.2, 0.25) is 0 Å². The standard InChI is InChI=1S/C14H19N3S/c1-3-10-9-11-13(17-7-5-6-8-17)15-12(4-2)16-14(11)18-10/h9H,3-8H2,1-2H3. The van der Waals surface area contributed by atoms with Crippen molar-refractivity contribution in [3.8, 4) is 0 Å². The van der Waals surface area contributed by atoms with Crippen LogP contribution in [0.5, 0.6) is 0 Å². The normalized spacial score (nSPS) is 15.8. The molecule has 4 heteroatoms. The Kier molecular flexibility index (Phi) is 3.20. The Morgan fingerprint density at radius 2 is 1.94 bits per heavy atom. The maximum absolute atomic E-state index is 4.77. The topological polar surface area (TPSA) is 29.0 Å². The molecule has 2 aromatic heterocycles. The number of nitrogens with zero attached hydrogens (tertiary/aromatic N) is 3. The molecule has 0 N–H and O–H groups in total. The SMILES string of the molecule is CCc1nc(N2CCCC2)c2cc(CC)sc2n1. The Labute approximate surface area is 112 Å². The van der Waals surface area contributed by atoms with Crippen LogP contribution in [0, 0.1) is 0 Å². The zero-order valence-corrected chi connectivity index (χ0v) is 11.9. The van der Waals surface area contributed by atoms with Gasteiger partial charge in [0, 0.05) is 24.4 Å². The minimum absolute atomic E-state index is 0.913. The van der Waals surface area contributed by atoms with Crippen molar-refractivity contribution in [2.75, 3.05) is 18.0 Å². The van der Waals surface area contributed by atoms with Gasteiger partial charge in [-0.25, -0.2) is 9.97 Å². The third kappa shape index (κ3) is 1.99.